The lowest BCUT2D eigenvalue weighted by molar-refractivity contribution is -0.131. The summed E-state index contributed by atoms with van der Waals surface area (Å²) in [6, 6.07) is 21.9. The Hall–Kier alpha value is -3.53. The Balaban J connectivity index is 1.26. The van der Waals surface area contributed by atoms with Crippen molar-refractivity contribution in [2.45, 2.75) is 50.8 Å². The molecule has 9 heteroatoms. The van der Waals surface area contributed by atoms with Gasteiger partial charge in [0, 0.05) is 44.2 Å². The Morgan fingerprint density at radius 3 is 2.63 bits per heavy atom. The first-order chi connectivity index (χ1) is 20.8. The SMILES string of the molecule is CC(=O)N1CC2CC(c3ccc(CCCOc4cc(F)ccc4Br)cc3)=C(C(=O)NCC[C@@H](O)c3ccccc3)C(C1)N2. The molecular weight excluding hydrogens is 613 g/mol. The van der Waals surface area contributed by atoms with Gasteiger partial charge >= 0.3 is 0 Å². The highest BCUT2D eigenvalue weighted by molar-refractivity contribution is 9.10. The molecule has 2 aliphatic rings. The lowest BCUT2D eigenvalue weighted by Crippen LogP contribution is -2.61. The van der Waals surface area contributed by atoms with E-state index in [2.05, 4.69) is 50.8 Å². The predicted molar refractivity (Wildman–Crippen MR) is 168 cm³/mol. The number of hydrogen-bond donors (Lipinski definition) is 3. The Bertz CT molecular complexity index is 1460. The number of ether oxygens (including phenoxy) is 1. The van der Waals surface area contributed by atoms with Crippen molar-refractivity contribution in [2.24, 2.45) is 0 Å². The highest BCUT2D eigenvalue weighted by Gasteiger charge is 2.39. The fourth-order valence-corrected chi connectivity index (χ4v) is 6.18. The van der Waals surface area contributed by atoms with E-state index < -0.39 is 6.10 Å². The van der Waals surface area contributed by atoms with Crippen LogP contribution in [0.2, 0.25) is 0 Å². The summed E-state index contributed by atoms with van der Waals surface area (Å²) >= 11 is 3.39. The van der Waals surface area contributed by atoms with Crippen LogP contribution >= 0.6 is 15.9 Å². The molecule has 0 aromatic heterocycles. The number of amides is 2. The van der Waals surface area contributed by atoms with Crippen molar-refractivity contribution in [1.82, 2.24) is 15.5 Å². The van der Waals surface area contributed by atoms with Crippen LogP contribution in [0.4, 0.5) is 4.39 Å². The number of fused-ring (bicyclic) bond motifs is 2. The van der Waals surface area contributed by atoms with Crippen LogP contribution in [0.15, 0.2) is 82.8 Å². The van der Waals surface area contributed by atoms with E-state index in [0.29, 0.717) is 50.4 Å². The molecule has 2 unspecified atom stereocenters. The molecule has 0 saturated carbocycles. The molecule has 0 radical (unpaired) electrons. The van der Waals surface area contributed by atoms with Crippen molar-refractivity contribution in [3.05, 3.63) is 105 Å². The molecule has 226 valence electrons. The van der Waals surface area contributed by atoms with Crippen LogP contribution in [0.5, 0.6) is 5.75 Å². The Kier molecular flexibility index (Phi) is 10.3. The smallest absolute Gasteiger partial charge is 0.249 e. The summed E-state index contributed by atoms with van der Waals surface area (Å²) in [6.45, 7) is 3.39. The molecule has 3 N–H and O–H groups in total. The average Bonchev–Trinajstić information content (AvgIpc) is 3.01. The van der Waals surface area contributed by atoms with Crippen molar-refractivity contribution in [3.63, 3.8) is 0 Å². The third-order valence-corrected chi connectivity index (χ3v) is 8.70. The van der Waals surface area contributed by atoms with E-state index in [0.717, 1.165) is 39.6 Å². The molecule has 0 spiro atoms. The first-order valence-electron chi connectivity index (χ1n) is 14.7. The number of nitrogens with one attached hydrogen (secondary N) is 2. The van der Waals surface area contributed by atoms with E-state index in [4.69, 9.17) is 4.74 Å². The van der Waals surface area contributed by atoms with Crippen molar-refractivity contribution in [3.8, 4) is 5.75 Å². The summed E-state index contributed by atoms with van der Waals surface area (Å²) in [6.07, 6.45) is 1.92. The summed E-state index contributed by atoms with van der Waals surface area (Å²) in [5.74, 6) is -0.0236. The van der Waals surface area contributed by atoms with Crippen LogP contribution in [0.25, 0.3) is 5.57 Å². The highest BCUT2D eigenvalue weighted by atomic mass is 79.9. The second kappa shape index (κ2) is 14.3. The van der Waals surface area contributed by atoms with E-state index in [1.165, 1.54) is 12.1 Å². The van der Waals surface area contributed by atoms with Crippen LogP contribution in [0, 0.1) is 5.82 Å². The Morgan fingerprint density at radius 1 is 1.12 bits per heavy atom. The largest absolute Gasteiger partial charge is 0.492 e. The number of hydrogen-bond acceptors (Lipinski definition) is 5. The number of piperazine rings is 1. The van der Waals surface area contributed by atoms with E-state index in [-0.39, 0.29) is 29.7 Å². The van der Waals surface area contributed by atoms with Crippen molar-refractivity contribution in [2.75, 3.05) is 26.2 Å². The first kappa shape index (κ1) is 30.9. The molecule has 0 aliphatic carbocycles. The Morgan fingerprint density at radius 2 is 1.88 bits per heavy atom. The maximum absolute atomic E-state index is 13.6. The molecule has 5 rings (SSSR count). The maximum atomic E-state index is 13.6. The average molecular weight is 651 g/mol. The quantitative estimate of drug-likeness (QED) is 0.249. The zero-order chi connectivity index (χ0) is 30.3. The predicted octanol–water partition coefficient (Wildman–Crippen LogP) is 5.19. The molecule has 7 nitrogen and oxygen atoms in total. The summed E-state index contributed by atoms with van der Waals surface area (Å²) in [7, 11) is 0. The molecule has 3 atom stereocenters. The van der Waals surface area contributed by atoms with Gasteiger partial charge < -0.3 is 25.4 Å². The number of aliphatic hydroxyl groups is 1. The summed E-state index contributed by atoms with van der Waals surface area (Å²) in [5, 5.41) is 17.1. The van der Waals surface area contributed by atoms with Gasteiger partial charge in [0.05, 0.1) is 23.2 Å². The van der Waals surface area contributed by atoms with Gasteiger partial charge in [0.2, 0.25) is 11.8 Å². The van der Waals surface area contributed by atoms with Crippen LogP contribution in [-0.4, -0.2) is 60.1 Å². The lowest BCUT2D eigenvalue weighted by Gasteiger charge is -2.44. The molecule has 3 aromatic carbocycles. The lowest BCUT2D eigenvalue weighted by atomic mass is 9.83. The minimum atomic E-state index is -0.667. The highest BCUT2D eigenvalue weighted by Crippen LogP contribution is 2.33. The molecule has 2 bridgehead atoms. The van der Waals surface area contributed by atoms with Gasteiger partial charge in [-0.05, 0) is 76.0 Å². The first-order valence-corrected chi connectivity index (χ1v) is 15.5. The number of carbonyl (C=O) groups is 2. The van der Waals surface area contributed by atoms with Gasteiger partial charge in [0.15, 0.2) is 0 Å². The number of aliphatic hydroxyl groups excluding tert-OH is 1. The second-order valence-corrected chi connectivity index (χ2v) is 12.0. The molecule has 2 heterocycles. The minimum Gasteiger partial charge on any atom is -0.492 e. The van der Waals surface area contributed by atoms with Gasteiger partial charge in [-0.3, -0.25) is 9.59 Å². The van der Waals surface area contributed by atoms with Crippen LogP contribution in [0.3, 0.4) is 0 Å². The van der Waals surface area contributed by atoms with E-state index >= 15 is 0 Å². The third-order valence-electron chi connectivity index (χ3n) is 8.05. The maximum Gasteiger partial charge on any atom is 0.249 e. The zero-order valence-electron chi connectivity index (χ0n) is 24.2. The number of rotatable bonds is 11. The molecule has 43 heavy (non-hydrogen) atoms. The molecular formula is C34H37BrFN3O4. The number of aryl methyl sites for hydroxylation is 1. The fourth-order valence-electron chi connectivity index (χ4n) is 5.82. The van der Waals surface area contributed by atoms with Gasteiger partial charge in [0.25, 0.3) is 0 Å². The van der Waals surface area contributed by atoms with Crippen LogP contribution in [-0.2, 0) is 16.0 Å². The number of nitrogens with zero attached hydrogens (tertiary/aromatic N) is 1. The normalized spacial score (nSPS) is 18.7. The van der Waals surface area contributed by atoms with E-state index in [9.17, 15) is 19.1 Å². The van der Waals surface area contributed by atoms with Gasteiger partial charge in [-0.25, -0.2) is 4.39 Å². The summed E-state index contributed by atoms with van der Waals surface area (Å²) < 4.78 is 20.0. The van der Waals surface area contributed by atoms with E-state index in [1.807, 2.05) is 35.2 Å². The van der Waals surface area contributed by atoms with Gasteiger partial charge in [-0.15, -0.1) is 0 Å². The number of benzene rings is 3. The number of carbonyl (C=O) groups excluding carboxylic acids is 2. The molecule has 3 aromatic rings. The summed E-state index contributed by atoms with van der Waals surface area (Å²) in [4.78, 5) is 27.7. The zero-order valence-corrected chi connectivity index (χ0v) is 25.8. The molecule has 2 amide bonds. The summed E-state index contributed by atoms with van der Waals surface area (Å²) in [5.41, 5.74) is 4.59. The topological polar surface area (TPSA) is 90.9 Å². The van der Waals surface area contributed by atoms with Crippen molar-refractivity contribution in [1.29, 1.82) is 0 Å². The van der Waals surface area contributed by atoms with E-state index in [1.54, 1.807) is 13.0 Å². The molecule has 2 aliphatic heterocycles. The minimum absolute atomic E-state index is 0.00350. The van der Waals surface area contributed by atoms with Crippen molar-refractivity contribution < 1.29 is 23.8 Å². The van der Waals surface area contributed by atoms with Gasteiger partial charge in [-0.1, -0.05) is 54.6 Å². The Labute approximate surface area is 260 Å². The molecule has 1 saturated heterocycles. The van der Waals surface area contributed by atoms with Crippen LogP contribution < -0.4 is 15.4 Å². The fraction of sp³-hybridized carbons (Fsp3) is 0.353. The van der Waals surface area contributed by atoms with Crippen LogP contribution in [0.1, 0.15) is 49.0 Å². The third kappa shape index (κ3) is 7.90. The van der Waals surface area contributed by atoms with Gasteiger partial charge in [0.1, 0.15) is 11.6 Å². The standard InChI is InChI=1S/C34H37BrFN3O4/c1-22(40)39-20-27-19-28(24-11-9-23(10-12-24)6-5-17-43-32-18-26(36)13-14-29(32)35)33(30(21-39)38-27)34(42)37-16-15-31(41)25-7-3-2-4-8-25/h2-4,7-14,18,27,30-31,38,41H,5-6,15-17,19-21H2,1H3,(H,37,42)/t27?,30?,31-/m1/s1. The number of halogens is 2. The monoisotopic (exact) mass is 649 g/mol. The van der Waals surface area contributed by atoms with Gasteiger partial charge in [-0.2, -0.15) is 0 Å². The molecule has 1 fully saturated rings. The van der Waals surface area contributed by atoms with Crippen molar-refractivity contribution >= 4 is 33.3 Å². The second-order valence-electron chi connectivity index (χ2n) is 11.1.